The molecule has 2 aliphatic rings. The van der Waals surface area contributed by atoms with Crippen LogP contribution in [0.2, 0.25) is 0 Å². The van der Waals surface area contributed by atoms with Crippen LogP contribution in [-0.2, 0) is 16.4 Å². The van der Waals surface area contributed by atoms with Crippen molar-refractivity contribution in [3.63, 3.8) is 0 Å². The molecule has 2 saturated heterocycles. The van der Waals surface area contributed by atoms with Crippen LogP contribution in [0.3, 0.4) is 0 Å². The van der Waals surface area contributed by atoms with Gasteiger partial charge in [0, 0.05) is 50.6 Å². The fourth-order valence-electron chi connectivity index (χ4n) is 3.74. The second kappa shape index (κ2) is 7.79. The van der Waals surface area contributed by atoms with Gasteiger partial charge in [-0.25, -0.2) is 17.7 Å². The van der Waals surface area contributed by atoms with E-state index >= 15 is 0 Å². The maximum atomic E-state index is 12.4. The number of aryl methyl sites for hydroxylation is 1. The molecule has 2 aliphatic heterocycles. The molecule has 2 aromatic heterocycles. The molecule has 0 aliphatic carbocycles. The van der Waals surface area contributed by atoms with Gasteiger partial charge in [0.2, 0.25) is 15.9 Å². The van der Waals surface area contributed by atoms with E-state index < -0.39 is 10.0 Å². The summed E-state index contributed by atoms with van der Waals surface area (Å²) in [5, 5.41) is 4.10. The van der Waals surface area contributed by atoms with E-state index in [2.05, 4.69) is 20.1 Å². The molecule has 0 saturated carbocycles. The zero-order chi connectivity index (χ0) is 20.6. The van der Waals surface area contributed by atoms with Crippen LogP contribution in [0.15, 0.2) is 16.9 Å². The van der Waals surface area contributed by atoms with E-state index in [0.29, 0.717) is 62.9 Å². The van der Waals surface area contributed by atoms with Crippen LogP contribution in [0.4, 0.5) is 0 Å². The van der Waals surface area contributed by atoms with Crippen molar-refractivity contribution in [2.75, 3.05) is 32.4 Å². The van der Waals surface area contributed by atoms with Gasteiger partial charge in [-0.15, -0.1) is 0 Å². The molecule has 0 aromatic carbocycles. The maximum absolute atomic E-state index is 12.4. The fourth-order valence-corrected chi connectivity index (χ4v) is 4.61. The van der Waals surface area contributed by atoms with E-state index in [4.69, 9.17) is 4.52 Å². The summed E-state index contributed by atoms with van der Waals surface area (Å²) in [5.74, 6) is 1.49. The van der Waals surface area contributed by atoms with Crippen LogP contribution in [0.5, 0.6) is 0 Å². The monoisotopic (exact) mass is 420 g/mol. The average molecular weight is 420 g/mol. The summed E-state index contributed by atoms with van der Waals surface area (Å²) in [6.45, 7) is 4.04. The first kappa shape index (κ1) is 19.9. The number of sulfonamides is 1. The Morgan fingerprint density at radius 3 is 2.55 bits per heavy atom. The van der Waals surface area contributed by atoms with Crippen molar-refractivity contribution in [1.82, 2.24) is 29.3 Å². The van der Waals surface area contributed by atoms with E-state index in [1.54, 1.807) is 11.1 Å². The number of hydrogen-bond acceptors (Lipinski definition) is 8. The highest BCUT2D eigenvalue weighted by Crippen LogP contribution is 2.28. The SMILES string of the molecule is Cc1cnc(C(=O)N2CC(Cc3nc(C4CCN(S(C)(=O)=O)CC4)no3)C2)cn1. The van der Waals surface area contributed by atoms with E-state index in [-0.39, 0.29) is 17.7 Å². The zero-order valence-electron chi connectivity index (χ0n) is 16.5. The Morgan fingerprint density at radius 1 is 1.21 bits per heavy atom. The standard InChI is InChI=1S/C18H24N6O4S/c1-12-8-20-15(9-19-12)18(25)23-10-13(11-23)7-16-21-17(22-28-16)14-3-5-24(6-4-14)29(2,26)27/h8-9,13-14H,3-7,10-11H2,1-2H3. The molecule has 4 rings (SSSR count). The number of hydrogen-bond donors (Lipinski definition) is 0. The molecule has 4 heterocycles. The van der Waals surface area contributed by atoms with Crippen LogP contribution in [-0.4, -0.2) is 76.1 Å². The van der Waals surface area contributed by atoms with Gasteiger partial charge in [-0.05, 0) is 19.8 Å². The lowest BCUT2D eigenvalue weighted by Gasteiger charge is -2.38. The van der Waals surface area contributed by atoms with Crippen LogP contribution >= 0.6 is 0 Å². The zero-order valence-corrected chi connectivity index (χ0v) is 17.3. The highest BCUT2D eigenvalue weighted by Gasteiger charge is 2.34. The van der Waals surface area contributed by atoms with Crippen LogP contribution in [0.25, 0.3) is 0 Å². The molecule has 156 valence electrons. The first-order valence-electron chi connectivity index (χ1n) is 9.65. The second-order valence-electron chi connectivity index (χ2n) is 7.81. The molecular weight excluding hydrogens is 396 g/mol. The molecule has 2 aromatic rings. The lowest BCUT2D eigenvalue weighted by molar-refractivity contribution is 0.0480. The lowest BCUT2D eigenvalue weighted by atomic mass is 9.95. The van der Waals surface area contributed by atoms with Gasteiger partial charge in [-0.1, -0.05) is 5.16 Å². The molecule has 0 bridgehead atoms. The summed E-state index contributed by atoms with van der Waals surface area (Å²) >= 11 is 0. The Hall–Kier alpha value is -2.40. The first-order valence-corrected chi connectivity index (χ1v) is 11.5. The van der Waals surface area contributed by atoms with Crippen molar-refractivity contribution in [3.05, 3.63) is 35.5 Å². The minimum Gasteiger partial charge on any atom is -0.339 e. The Balaban J connectivity index is 1.27. The number of nitrogens with zero attached hydrogens (tertiary/aromatic N) is 6. The molecule has 2 fully saturated rings. The second-order valence-corrected chi connectivity index (χ2v) is 9.79. The molecule has 10 nitrogen and oxygen atoms in total. The molecule has 0 unspecified atom stereocenters. The van der Waals surface area contributed by atoms with Gasteiger partial charge >= 0.3 is 0 Å². The number of aromatic nitrogens is 4. The van der Waals surface area contributed by atoms with E-state index in [1.165, 1.54) is 16.8 Å². The lowest BCUT2D eigenvalue weighted by Crippen LogP contribution is -2.51. The third-order valence-corrected chi connectivity index (χ3v) is 6.78. The van der Waals surface area contributed by atoms with Crippen LogP contribution < -0.4 is 0 Å². The summed E-state index contributed by atoms with van der Waals surface area (Å²) in [6, 6.07) is 0. The molecule has 11 heteroatoms. The van der Waals surface area contributed by atoms with Crippen molar-refractivity contribution in [1.29, 1.82) is 0 Å². The van der Waals surface area contributed by atoms with E-state index in [9.17, 15) is 13.2 Å². The molecule has 0 atom stereocenters. The molecule has 1 amide bonds. The topological polar surface area (TPSA) is 122 Å². The van der Waals surface area contributed by atoms with Gasteiger partial charge in [0.15, 0.2) is 5.82 Å². The van der Waals surface area contributed by atoms with Gasteiger partial charge in [0.1, 0.15) is 5.69 Å². The normalized spacial score (nSPS) is 19.3. The Morgan fingerprint density at radius 2 is 1.93 bits per heavy atom. The third-order valence-electron chi connectivity index (χ3n) is 5.48. The predicted molar refractivity (Wildman–Crippen MR) is 103 cm³/mol. The van der Waals surface area contributed by atoms with E-state index in [0.717, 1.165) is 5.69 Å². The largest absolute Gasteiger partial charge is 0.339 e. The molecule has 29 heavy (non-hydrogen) atoms. The average Bonchev–Trinajstić information content (AvgIpc) is 3.12. The molecule has 0 radical (unpaired) electrons. The highest BCUT2D eigenvalue weighted by atomic mass is 32.2. The van der Waals surface area contributed by atoms with Crippen LogP contribution in [0, 0.1) is 12.8 Å². The number of carbonyl (C=O) groups is 1. The van der Waals surface area contributed by atoms with Crippen molar-refractivity contribution in [2.45, 2.75) is 32.1 Å². The number of carbonyl (C=O) groups excluding carboxylic acids is 1. The van der Waals surface area contributed by atoms with Gasteiger partial charge in [-0.3, -0.25) is 9.78 Å². The Kier molecular flexibility index (Phi) is 5.34. The fraction of sp³-hybridized carbons (Fsp3) is 0.611. The third kappa shape index (κ3) is 4.45. The van der Waals surface area contributed by atoms with Crippen LogP contribution in [0.1, 0.15) is 46.7 Å². The van der Waals surface area contributed by atoms with Gasteiger partial charge in [-0.2, -0.15) is 4.98 Å². The molecule has 0 N–H and O–H groups in total. The summed E-state index contributed by atoms with van der Waals surface area (Å²) in [6.07, 6.45) is 6.33. The minimum atomic E-state index is -3.14. The van der Waals surface area contributed by atoms with Crippen molar-refractivity contribution >= 4 is 15.9 Å². The summed E-state index contributed by atoms with van der Waals surface area (Å²) in [5.41, 5.74) is 1.13. The Labute approximate surface area is 169 Å². The van der Waals surface area contributed by atoms with E-state index in [1.807, 2.05) is 6.92 Å². The Bertz CT molecular complexity index is 976. The van der Waals surface area contributed by atoms with Gasteiger partial charge in [0.05, 0.1) is 18.1 Å². The van der Waals surface area contributed by atoms with Gasteiger partial charge in [0.25, 0.3) is 5.91 Å². The van der Waals surface area contributed by atoms with Gasteiger partial charge < -0.3 is 9.42 Å². The summed E-state index contributed by atoms with van der Waals surface area (Å²) in [4.78, 5) is 26.9. The smallest absolute Gasteiger partial charge is 0.274 e. The maximum Gasteiger partial charge on any atom is 0.274 e. The number of likely N-dealkylation sites (tertiary alicyclic amines) is 1. The van der Waals surface area contributed by atoms with Crippen molar-refractivity contribution < 1.29 is 17.7 Å². The highest BCUT2D eigenvalue weighted by molar-refractivity contribution is 7.88. The first-order chi connectivity index (χ1) is 13.8. The van der Waals surface area contributed by atoms with Crippen molar-refractivity contribution in [2.24, 2.45) is 5.92 Å². The van der Waals surface area contributed by atoms with Crippen molar-refractivity contribution in [3.8, 4) is 0 Å². The quantitative estimate of drug-likeness (QED) is 0.690. The number of amides is 1. The summed E-state index contributed by atoms with van der Waals surface area (Å²) < 4.78 is 30.1. The number of rotatable bonds is 5. The summed E-state index contributed by atoms with van der Waals surface area (Å²) in [7, 11) is -3.14. The minimum absolute atomic E-state index is 0.113. The number of piperidine rings is 1. The predicted octanol–water partition coefficient (Wildman–Crippen LogP) is 0.622. The molecular formula is C18H24N6O4S. The molecule has 0 spiro atoms.